The van der Waals surface area contributed by atoms with Gasteiger partial charge in [-0.25, -0.2) is 4.98 Å². The number of allylic oxidation sites excluding steroid dienone is 1. The van der Waals surface area contributed by atoms with Crippen molar-refractivity contribution in [3.05, 3.63) is 34.3 Å². The molecule has 0 aromatic carbocycles. The largest absolute Gasteiger partial charge is 0.458 e. The van der Waals surface area contributed by atoms with Crippen molar-refractivity contribution in [3.8, 4) is 0 Å². The highest BCUT2D eigenvalue weighted by Crippen LogP contribution is 2.20. The Kier molecular flexibility index (Phi) is 8.38. The second kappa shape index (κ2) is 10.5. The molecule has 4 atom stereocenters. The summed E-state index contributed by atoms with van der Waals surface area (Å²) in [6.45, 7) is 5.52. The smallest absolute Gasteiger partial charge is 0.309 e. The number of hydrogen-bond acceptors (Lipinski definition) is 6. The molecule has 2 rings (SSSR count). The van der Waals surface area contributed by atoms with Crippen LogP contribution in [0.2, 0.25) is 0 Å². The maximum Gasteiger partial charge on any atom is 0.309 e. The van der Waals surface area contributed by atoms with Gasteiger partial charge in [0.1, 0.15) is 11.9 Å². The molecule has 0 amide bonds. The van der Waals surface area contributed by atoms with Gasteiger partial charge in [0.15, 0.2) is 0 Å². The van der Waals surface area contributed by atoms with Gasteiger partial charge in [0.2, 0.25) is 0 Å². The van der Waals surface area contributed by atoms with Crippen LogP contribution < -0.4 is 0 Å². The molecule has 6 heteroatoms. The number of ether oxygens (including phenoxy) is 1. The van der Waals surface area contributed by atoms with E-state index in [0.717, 1.165) is 30.0 Å². The minimum absolute atomic E-state index is 0.00619. The Morgan fingerprint density at radius 2 is 2.07 bits per heavy atom. The summed E-state index contributed by atoms with van der Waals surface area (Å²) in [6, 6.07) is 0. The molecule has 2 unspecified atom stereocenters. The summed E-state index contributed by atoms with van der Waals surface area (Å²) in [5.41, 5.74) is 0.838. The van der Waals surface area contributed by atoms with E-state index >= 15 is 0 Å². The van der Waals surface area contributed by atoms with Crippen LogP contribution in [0.3, 0.4) is 0 Å². The predicted octanol–water partition coefficient (Wildman–Crippen LogP) is 4.10. The molecular formula is C21H29NO4S. The molecular weight excluding hydrogens is 362 g/mol. The summed E-state index contributed by atoms with van der Waals surface area (Å²) in [5.74, 6) is -1.17. The quantitative estimate of drug-likeness (QED) is 0.607. The number of thiazole rings is 1. The van der Waals surface area contributed by atoms with Crippen molar-refractivity contribution < 1.29 is 19.4 Å². The van der Waals surface area contributed by atoms with E-state index < -0.39 is 24.1 Å². The van der Waals surface area contributed by atoms with E-state index in [9.17, 15) is 14.7 Å². The van der Waals surface area contributed by atoms with Crippen LogP contribution in [0.5, 0.6) is 0 Å². The monoisotopic (exact) mass is 391 g/mol. The molecule has 1 aromatic heterocycles. The second-order valence-electron chi connectivity index (χ2n) is 7.18. The highest BCUT2D eigenvalue weighted by Gasteiger charge is 2.28. The topological polar surface area (TPSA) is 76.5 Å². The van der Waals surface area contributed by atoms with Crippen molar-refractivity contribution in [1.82, 2.24) is 4.98 Å². The Morgan fingerprint density at radius 1 is 1.30 bits per heavy atom. The number of rotatable bonds is 2. The third kappa shape index (κ3) is 7.03. The fraction of sp³-hybridized carbons (Fsp3) is 0.571. The number of nitrogens with zero attached hydrogens (tertiary/aromatic N) is 1. The van der Waals surface area contributed by atoms with Crippen LogP contribution in [-0.2, 0) is 14.3 Å². The molecule has 0 radical (unpaired) electrons. The van der Waals surface area contributed by atoms with Crippen molar-refractivity contribution in [3.63, 3.8) is 0 Å². The zero-order chi connectivity index (χ0) is 19.8. The minimum atomic E-state index is -1.02. The summed E-state index contributed by atoms with van der Waals surface area (Å²) >= 11 is 1.57. The fourth-order valence-corrected chi connectivity index (χ4v) is 3.64. The zero-order valence-electron chi connectivity index (χ0n) is 16.3. The Morgan fingerprint density at radius 3 is 2.78 bits per heavy atom. The van der Waals surface area contributed by atoms with E-state index in [2.05, 4.69) is 11.1 Å². The highest BCUT2D eigenvalue weighted by atomic mass is 32.1. The number of aliphatic hydroxyl groups excluding tert-OH is 1. The lowest BCUT2D eigenvalue weighted by Gasteiger charge is -2.22. The summed E-state index contributed by atoms with van der Waals surface area (Å²) < 4.78 is 5.53. The average Bonchev–Trinajstić information content (AvgIpc) is 3.05. The standard InChI is InChI=1S/C21H29NO4S/c1-14-8-6-4-5-7-9-18(11-10-17-13-27-16(3)22-17)26-20(24)12-19(23)15(2)21(14)25/h5,7,10-11,13-15,18-19,23H,4,6,8-9,12H2,1-3H3/b7-5-,11-10+/t14?,15?,18-,19-/m0/s1. The zero-order valence-corrected chi connectivity index (χ0v) is 17.1. The number of carbonyl (C=O) groups excluding carboxylic acids is 2. The highest BCUT2D eigenvalue weighted by molar-refractivity contribution is 7.09. The molecule has 1 aliphatic heterocycles. The number of esters is 1. The predicted molar refractivity (Wildman–Crippen MR) is 107 cm³/mol. The maximum absolute atomic E-state index is 12.4. The number of ketones is 1. The summed E-state index contributed by atoms with van der Waals surface area (Å²) in [5, 5.41) is 13.2. The van der Waals surface area contributed by atoms with Crippen molar-refractivity contribution in [2.75, 3.05) is 0 Å². The molecule has 2 heterocycles. The van der Waals surface area contributed by atoms with Crippen LogP contribution in [-0.4, -0.2) is 34.1 Å². The Hall–Kier alpha value is -1.79. The maximum atomic E-state index is 12.4. The summed E-state index contributed by atoms with van der Waals surface area (Å²) in [6.07, 6.45) is 9.30. The number of aliphatic hydroxyl groups is 1. The Bertz CT molecular complexity index is 694. The van der Waals surface area contributed by atoms with E-state index in [4.69, 9.17) is 4.74 Å². The van der Waals surface area contributed by atoms with Crippen molar-refractivity contribution >= 4 is 29.2 Å². The number of aromatic nitrogens is 1. The fourth-order valence-electron chi connectivity index (χ4n) is 3.06. The van der Waals surface area contributed by atoms with Crippen molar-refractivity contribution in [2.24, 2.45) is 11.8 Å². The van der Waals surface area contributed by atoms with E-state index in [-0.39, 0.29) is 18.1 Å². The van der Waals surface area contributed by atoms with Gasteiger partial charge in [0, 0.05) is 23.6 Å². The number of carbonyl (C=O) groups is 2. The van der Waals surface area contributed by atoms with Crippen molar-refractivity contribution in [2.45, 2.75) is 65.1 Å². The number of cyclic esters (lactones) is 1. The number of Topliss-reactive ketones (excluding diaryl/α,β-unsaturated/α-hetero) is 1. The normalized spacial score (nSPS) is 30.1. The average molecular weight is 392 g/mol. The van der Waals surface area contributed by atoms with Gasteiger partial charge in [-0.3, -0.25) is 9.59 Å². The van der Waals surface area contributed by atoms with Gasteiger partial charge in [0.05, 0.1) is 23.2 Å². The lowest BCUT2D eigenvalue weighted by molar-refractivity contribution is -0.150. The molecule has 0 bridgehead atoms. The van der Waals surface area contributed by atoms with Crippen LogP contribution in [0.1, 0.15) is 56.7 Å². The first-order chi connectivity index (χ1) is 12.9. The molecule has 0 saturated carbocycles. The third-order valence-electron chi connectivity index (χ3n) is 4.83. The summed E-state index contributed by atoms with van der Waals surface area (Å²) in [7, 11) is 0. The second-order valence-corrected chi connectivity index (χ2v) is 8.24. The molecule has 1 aromatic rings. The van der Waals surface area contributed by atoms with Gasteiger partial charge < -0.3 is 9.84 Å². The molecule has 1 aliphatic rings. The summed E-state index contributed by atoms with van der Waals surface area (Å²) in [4.78, 5) is 29.0. The minimum Gasteiger partial charge on any atom is -0.458 e. The van der Waals surface area contributed by atoms with Gasteiger partial charge in [-0.05, 0) is 38.3 Å². The van der Waals surface area contributed by atoms with Crippen LogP contribution in [0.15, 0.2) is 23.6 Å². The molecule has 5 nitrogen and oxygen atoms in total. The van der Waals surface area contributed by atoms with Crippen LogP contribution in [0.25, 0.3) is 6.08 Å². The van der Waals surface area contributed by atoms with Gasteiger partial charge >= 0.3 is 5.97 Å². The third-order valence-corrected chi connectivity index (χ3v) is 5.62. The lowest BCUT2D eigenvalue weighted by Crippen LogP contribution is -2.32. The SMILES string of the molecule is Cc1nc(/C=C/[C@@H]2C/C=C\CCCC(C)C(=O)C(C)[C@@H](O)CC(=O)O2)cs1. The molecule has 27 heavy (non-hydrogen) atoms. The van der Waals surface area contributed by atoms with E-state index in [1.54, 1.807) is 18.3 Å². The Balaban J connectivity index is 2.09. The molecule has 1 N–H and O–H groups in total. The first-order valence-corrected chi connectivity index (χ1v) is 10.4. The Labute approximate surface area is 165 Å². The lowest BCUT2D eigenvalue weighted by atomic mass is 9.87. The van der Waals surface area contributed by atoms with Gasteiger partial charge in [0.25, 0.3) is 0 Å². The van der Waals surface area contributed by atoms with E-state index in [1.165, 1.54) is 0 Å². The van der Waals surface area contributed by atoms with E-state index in [0.29, 0.717) is 6.42 Å². The van der Waals surface area contributed by atoms with Gasteiger partial charge in [-0.15, -0.1) is 11.3 Å². The molecule has 0 fully saturated rings. The van der Waals surface area contributed by atoms with E-state index in [1.807, 2.05) is 37.5 Å². The van der Waals surface area contributed by atoms with Crippen molar-refractivity contribution in [1.29, 1.82) is 0 Å². The van der Waals surface area contributed by atoms with Crippen LogP contribution in [0.4, 0.5) is 0 Å². The molecule has 0 spiro atoms. The van der Waals surface area contributed by atoms with Gasteiger partial charge in [-0.2, -0.15) is 0 Å². The molecule has 0 aliphatic carbocycles. The molecule has 0 saturated heterocycles. The molecule has 148 valence electrons. The van der Waals surface area contributed by atoms with Crippen LogP contribution in [0, 0.1) is 18.8 Å². The van der Waals surface area contributed by atoms with Crippen LogP contribution >= 0.6 is 11.3 Å². The first kappa shape index (κ1) is 21.5. The van der Waals surface area contributed by atoms with Gasteiger partial charge in [-0.1, -0.05) is 26.0 Å². The number of hydrogen-bond donors (Lipinski definition) is 1. The number of aryl methyl sites for hydroxylation is 1. The first-order valence-electron chi connectivity index (χ1n) is 9.53.